The zero-order chi connectivity index (χ0) is 14.7. The molecule has 0 aliphatic heterocycles. The van der Waals surface area contributed by atoms with Crippen LogP contribution in [0.15, 0.2) is 34.7 Å². The maximum absolute atomic E-state index is 6.25. The Hall–Kier alpha value is -1.37. The fourth-order valence-corrected chi connectivity index (χ4v) is 3.95. The number of hydrogen-bond acceptors (Lipinski definition) is 6. The largest absolute Gasteiger partial charge is 0.360 e. The molecule has 0 bridgehead atoms. The first-order valence-corrected chi connectivity index (χ1v) is 8.68. The number of hydrogen-bond donors (Lipinski definition) is 1. The second-order valence-corrected chi connectivity index (χ2v) is 6.88. The molecule has 108 valence electrons. The number of nitrogens with one attached hydrogen (secondary N) is 1. The van der Waals surface area contributed by atoms with Gasteiger partial charge in [0, 0.05) is 23.2 Å². The molecule has 3 aromatic rings. The molecule has 0 unspecified atom stereocenters. The number of aromatic nitrogens is 3. The van der Waals surface area contributed by atoms with Gasteiger partial charge in [0.15, 0.2) is 4.34 Å². The van der Waals surface area contributed by atoms with E-state index in [4.69, 9.17) is 11.6 Å². The van der Waals surface area contributed by atoms with Gasteiger partial charge in [-0.15, -0.1) is 10.2 Å². The Bertz CT molecular complexity index is 760. The molecule has 0 amide bonds. The van der Waals surface area contributed by atoms with Gasteiger partial charge in [0.05, 0.1) is 5.52 Å². The first kappa shape index (κ1) is 14.6. The lowest BCUT2D eigenvalue weighted by molar-refractivity contribution is 1.00. The molecule has 0 atom stereocenters. The number of benzene rings is 1. The lowest BCUT2D eigenvalue weighted by Crippen LogP contribution is -1.94. The summed E-state index contributed by atoms with van der Waals surface area (Å²) < 4.78 is 0.926. The van der Waals surface area contributed by atoms with E-state index in [1.54, 1.807) is 23.1 Å². The maximum Gasteiger partial charge on any atom is 0.206 e. The molecule has 0 aliphatic rings. The zero-order valence-electron chi connectivity index (χ0n) is 11.3. The molecule has 2 heterocycles. The monoisotopic (exact) mass is 336 g/mol. The number of pyridine rings is 1. The van der Waals surface area contributed by atoms with Crippen molar-refractivity contribution in [1.82, 2.24) is 15.2 Å². The number of nitrogens with zero attached hydrogens (tertiary/aromatic N) is 3. The maximum atomic E-state index is 6.25. The Balaban J connectivity index is 1.76. The van der Waals surface area contributed by atoms with Crippen LogP contribution in [-0.4, -0.2) is 21.7 Å². The van der Waals surface area contributed by atoms with E-state index in [9.17, 15) is 0 Å². The minimum Gasteiger partial charge on any atom is -0.360 e. The van der Waals surface area contributed by atoms with Crippen molar-refractivity contribution in [1.29, 1.82) is 0 Å². The summed E-state index contributed by atoms with van der Waals surface area (Å²) >= 11 is 9.43. The molecular formula is C14H13ClN4S2. The first-order valence-electron chi connectivity index (χ1n) is 6.50. The van der Waals surface area contributed by atoms with Crippen LogP contribution in [-0.2, 0) is 5.75 Å². The highest BCUT2D eigenvalue weighted by Gasteiger charge is 2.08. The molecule has 7 heteroatoms. The predicted molar refractivity (Wildman–Crippen MR) is 90.4 cm³/mol. The van der Waals surface area contributed by atoms with E-state index in [1.165, 1.54) is 0 Å². The number of fused-ring (bicyclic) bond motifs is 1. The third-order valence-corrected chi connectivity index (χ3v) is 5.23. The van der Waals surface area contributed by atoms with Crippen molar-refractivity contribution >= 4 is 50.7 Å². The van der Waals surface area contributed by atoms with E-state index in [-0.39, 0.29) is 0 Å². The molecule has 0 saturated carbocycles. The van der Waals surface area contributed by atoms with Gasteiger partial charge in [-0.2, -0.15) is 0 Å². The van der Waals surface area contributed by atoms with Gasteiger partial charge in [-0.3, -0.25) is 0 Å². The van der Waals surface area contributed by atoms with Crippen molar-refractivity contribution < 1.29 is 0 Å². The predicted octanol–water partition coefficient (Wildman–Crippen LogP) is 4.46. The fourth-order valence-electron chi connectivity index (χ4n) is 1.87. The van der Waals surface area contributed by atoms with Gasteiger partial charge < -0.3 is 5.32 Å². The average Bonchev–Trinajstić information content (AvgIpc) is 2.93. The summed E-state index contributed by atoms with van der Waals surface area (Å²) in [5.74, 6) is 0.734. The van der Waals surface area contributed by atoms with Crippen molar-refractivity contribution in [2.75, 3.05) is 11.9 Å². The van der Waals surface area contributed by atoms with E-state index < -0.39 is 0 Å². The van der Waals surface area contributed by atoms with E-state index in [2.05, 4.69) is 26.6 Å². The van der Waals surface area contributed by atoms with Crippen molar-refractivity contribution in [2.24, 2.45) is 0 Å². The van der Waals surface area contributed by atoms with E-state index >= 15 is 0 Å². The summed E-state index contributed by atoms with van der Waals surface area (Å²) in [4.78, 5) is 4.43. The highest BCUT2D eigenvalue weighted by molar-refractivity contribution is 8.00. The third-order valence-electron chi connectivity index (χ3n) is 2.84. The quantitative estimate of drug-likeness (QED) is 0.550. The number of rotatable bonds is 5. The Kier molecular flexibility index (Phi) is 4.57. The molecule has 0 aliphatic carbocycles. The lowest BCUT2D eigenvalue weighted by Gasteiger charge is -2.04. The third kappa shape index (κ3) is 3.45. The normalized spacial score (nSPS) is 11.0. The molecule has 1 N–H and O–H groups in total. The van der Waals surface area contributed by atoms with Gasteiger partial charge >= 0.3 is 0 Å². The standard InChI is InChI=1S/C14H13ClN4S2/c1-2-16-13-18-19-14(21-13)20-8-10-7-9-5-3-4-6-11(9)17-12(10)15/h3-7H,2,8H2,1H3,(H,16,18). The zero-order valence-corrected chi connectivity index (χ0v) is 13.7. The summed E-state index contributed by atoms with van der Waals surface area (Å²) in [5.41, 5.74) is 1.93. The Morgan fingerprint density at radius 2 is 2.14 bits per heavy atom. The van der Waals surface area contributed by atoms with Crippen LogP contribution >= 0.6 is 34.7 Å². The molecule has 2 aromatic heterocycles. The summed E-state index contributed by atoms with van der Waals surface area (Å²) in [6.45, 7) is 2.88. The van der Waals surface area contributed by atoms with Crippen LogP contribution in [0.4, 0.5) is 5.13 Å². The topological polar surface area (TPSA) is 50.7 Å². The van der Waals surface area contributed by atoms with Crippen LogP contribution in [0, 0.1) is 0 Å². The molecule has 21 heavy (non-hydrogen) atoms. The fraction of sp³-hybridized carbons (Fsp3) is 0.214. The van der Waals surface area contributed by atoms with Gasteiger partial charge in [-0.1, -0.05) is 52.9 Å². The van der Waals surface area contributed by atoms with Crippen molar-refractivity contribution in [3.8, 4) is 0 Å². The first-order chi connectivity index (χ1) is 10.3. The van der Waals surface area contributed by atoms with Crippen LogP contribution in [0.3, 0.4) is 0 Å². The molecule has 0 saturated heterocycles. The van der Waals surface area contributed by atoms with Crippen LogP contribution in [0.1, 0.15) is 12.5 Å². The summed E-state index contributed by atoms with van der Waals surface area (Å²) in [5, 5.41) is 13.9. The Morgan fingerprint density at radius 3 is 3.00 bits per heavy atom. The van der Waals surface area contributed by atoms with Crippen molar-refractivity contribution in [3.63, 3.8) is 0 Å². The summed E-state index contributed by atoms with van der Waals surface area (Å²) in [6, 6.07) is 10.1. The lowest BCUT2D eigenvalue weighted by atomic mass is 10.2. The average molecular weight is 337 g/mol. The minimum absolute atomic E-state index is 0.553. The number of halogens is 1. The summed E-state index contributed by atoms with van der Waals surface area (Å²) in [7, 11) is 0. The van der Waals surface area contributed by atoms with Gasteiger partial charge in [0.1, 0.15) is 5.15 Å². The molecule has 4 nitrogen and oxygen atoms in total. The SMILES string of the molecule is CCNc1nnc(SCc2cc3ccccc3nc2Cl)s1. The molecule has 1 aromatic carbocycles. The van der Waals surface area contributed by atoms with E-state index in [0.29, 0.717) is 5.15 Å². The van der Waals surface area contributed by atoms with Gasteiger partial charge in [0.2, 0.25) is 5.13 Å². The van der Waals surface area contributed by atoms with E-state index in [1.807, 2.05) is 31.2 Å². The van der Waals surface area contributed by atoms with Crippen LogP contribution in [0.5, 0.6) is 0 Å². The number of anilines is 1. The number of para-hydroxylation sites is 1. The molecule has 3 rings (SSSR count). The van der Waals surface area contributed by atoms with Gasteiger partial charge in [-0.25, -0.2) is 4.98 Å². The Morgan fingerprint density at radius 1 is 1.29 bits per heavy atom. The smallest absolute Gasteiger partial charge is 0.206 e. The van der Waals surface area contributed by atoms with Crippen molar-refractivity contribution in [2.45, 2.75) is 17.0 Å². The van der Waals surface area contributed by atoms with E-state index in [0.717, 1.165) is 38.2 Å². The number of thioether (sulfide) groups is 1. The highest BCUT2D eigenvalue weighted by Crippen LogP contribution is 2.31. The molecule has 0 spiro atoms. The van der Waals surface area contributed by atoms with Gasteiger partial charge in [-0.05, 0) is 19.1 Å². The van der Waals surface area contributed by atoms with Gasteiger partial charge in [0.25, 0.3) is 0 Å². The second-order valence-electron chi connectivity index (χ2n) is 4.32. The van der Waals surface area contributed by atoms with Crippen LogP contribution < -0.4 is 5.32 Å². The molecular weight excluding hydrogens is 324 g/mol. The Labute approximate surface area is 136 Å². The summed E-state index contributed by atoms with van der Waals surface area (Å²) in [6.07, 6.45) is 0. The van der Waals surface area contributed by atoms with Crippen molar-refractivity contribution in [3.05, 3.63) is 41.0 Å². The van der Waals surface area contributed by atoms with Crippen LogP contribution in [0.2, 0.25) is 5.15 Å². The minimum atomic E-state index is 0.553. The van der Waals surface area contributed by atoms with Crippen LogP contribution in [0.25, 0.3) is 10.9 Å². The molecule has 0 fully saturated rings. The molecule has 0 radical (unpaired) electrons. The highest BCUT2D eigenvalue weighted by atomic mass is 35.5. The second kappa shape index (κ2) is 6.60.